The van der Waals surface area contributed by atoms with Crippen LogP contribution in [0.4, 0.5) is 10.5 Å². The summed E-state index contributed by atoms with van der Waals surface area (Å²) in [7, 11) is -3.25. The van der Waals surface area contributed by atoms with Crippen LogP contribution in [0, 0.1) is 0 Å². The fourth-order valence-electron chi connectivity index (χ4n) is 3.16. The molecule has 2 N–H and O–H groups in total. The van der Waals surface area contributed by atoms with Gasteiger partial charge in [-0.2, -0.15) is 0 Å². The van der Waals surface area contributed by atoms with E-state index in [2.05, 4.69) is 29.4 Å². The molecule has 2 rings (SSSR count). The summed E-state index contributed by atoms with van der Waals surface area (Å²) >= 11 is 0. The maximum Gasteiger partial charge on any atom is 0.319 e. The highest BCUT2D eigenvalue weighted by Gasteiger charge is 2.30. The average Bonchev–Trinajstić information content (AvgIpc) is 3.15. The molecule has 1 aromatic carbocycles. The minimum Gasteiger partial charge on any atom is -0.337 e. The lowest BCUT2D eigenvalue weighted by Crippen LogP contribution is -2.36. The van der Waals surface area contributed by atoms with Crippen molar-refractivity contribution >= 4 is 21.6 Å². The second-order valence-electron chi connectivity index (χ2n) is 6.38. The predicted octanol–water partition coefficient (Wildman–Crippen LogP) is 2.87. The first kappa shape index (κ1) is 19.7. The summed E-state index contributed by atoms with van der Waals surface area (Å²) in [6.45, 7) is 7.46. The van der Waals surface area contributed by atoms with Crippen LogP contribution in [0.1, 0.15) is 39.5 Å². The number of sulfone groups is 1. The number of nitrogens with zero attached hydrogens (tertiary/aromatic N) is 1. The summed E-state index contributed by atoms with van der Waals surface area (Å²) in [4.78, 5) is 14.5. The van der Waals surface area contributed by atoms with E-state index in [1.54, 1.807) is 24.3 Å². The molecular formula is C18H29N3O3S. The molecule has 0 saturated heterocycles. The van der Waals surface area contributed by atoms with Crippen LogP contribution in [-0.4, -0.2) is 50.8 Å². The zero-order valence-electron chi connectivity index (χ0n) is 15.1. The Labute approximate surface area is 150 Å². The molecular weight excluding hydrogens is 338 g/mol. The van der Waals surface area contributed by atoms with Gasteiger partial charge < -0.3 is 15.5 Å². The van der Waals surface area contributed by atoms with E-state index in [1.165, 1.54) is 0 Å². The summed E-state index contributed by atoms with van der Waals surface area (Å²) in [6, 6.07) is 6.18. The first-order chi connectivity index (χ1) is 12.0. The molecule has 0 unspecified atom stereocenters. The molecule has 0 radical (unpaired) electrons. The summed E-state index contributed by atoms with van der Waals surface area (Å²) in [5.41, 5.74) is 0.589. The normalized spacial score (nSPS) is 15.5. The Hall–Kier alpha value is -1.60. The number of hydrogen-bond donors (Lipinski definition) is 2. The van der Waals surface area contributed by atoms with Crippen LogP contribution in [0.2, 0.25) is 0 Å². The molecule has 0 spiro atoms. The average molecular weight is 368 g/mol. The van der Waals surface area contributed by atoms with Crippen LogP contribution >= 0.6 is 0 Å². The molecule has 0 aliphatic heterocycles. The first-order valence-electron chi connectivity index (χ1n) is 9.08. The van der Waals surface area contributed by atoms with Crippen molar-refractivity contribution in [2.75, 3.05) is 31.5 Å². The molecule has 0 atom stereocenters. The van der Waals surface area contributed by atoms with E-state index in [-0.39, 0.29) is 11.3 Å². The third-order valence-corrected chi connectivity index (χ3v) is 7.07. The predicted molar refractivity (Wildman–Crippen MR) is 101 cm³/mol. The number of nitrogens with one attached hydrogen (secondary N) is 2. The lowest BCUT2D eigenvalue weighted by molar-refractivity contribution is 0.248. The molecule has 1 aliphatic rings. The molecule has 6 nitrogen and oxygen atoms in total. The fraction of sp³-hybridized carbons (Fsp3) is 0.611. The van der Waals surface area contributed by atoms with Crippen molar-refractivity contribution in [2.24, 2.45) is 0 Å². The van der Waals surface area contributed by atoms with Crippen molar-refractivity contribution in [3.05, 3.63) is 24.3 Å². The standard InChI is InChI=1S/C18H29N3O3S/c1-3-21(4-2)14-13-19-18(22)20-15-9-11-17(12-10-15)25(23,24)16-7-5-6-8-16/h9-12,16H,3-8,13-14H2,1-2H3,(H2,19,20,22). The lowest BCUT2D eigenvalue weighted by atomic mass is 10.3. The van der Waals surface area contributed by atoms with E-state index in [0.717, 1.165) is 45.3 Å². The number of benzene rings is 1. The molecule has 1 aromatic rings. The summed E-state index contributed by atoms with van der Waals surface area (Å²) < 4.78 is 25.1. The summed E-state index contributed by atoms with van der Waals surface area (Å²) in [5, 5.41) is 5.29. The zero-order chi connectivity index (χ0) is 18.3. The van der Waals surface area contributed by atoms with E-state index < -0.39 is 9.84 Å². The Balaban J connectivity index is 1.86. The molecule has 25 heavy (non-hydrogen) atoms. The fourth-order valence-corrected chi connectivity index (χ4v) is 5.02. The van der Waals surface area contributed by atoms with Gasteiger partial charge in [-0.3, -0.25) is 0 Å². The third-order valence-electron chi connectivity index (χ3n) is 4.79. The number of hydrogen-bond acceptors (Lipinski definition) is 4. The van der Waals surface area contributed by atoms with Gasteiger partial charge in [0.15, 0.2) is 9.84 Å². The number of anilines is 1. The highest BCUT2D eigenvalue weighted by Crippen LogP contribution is 2.29. The molecule has 140 valence electrons. The summed E-state index contributed by atoms with van der Waals surface area (Å²) in [6.07, 6.45) is 3.46. The number of carbonyl (C=O) groups excluding carboxylic acids is 1. The van der Waals surface area contributed by atoms with Crippen molar-refractivity contribution in [2.45, 2.75) is 49.7 Å². The monoisotopic (exact) mass is 367 g/mol. The largest absolute Gasteiger partial charge is 0.337 e. The topological polar surface area (TPSA) is 78.5 Å². The smallest absolute Gasteiger partial charge is 0.319 e. The van der Waals surface area contributed by atoms with Gasteiger partial charge in [0.25, 0.3) is 0 Å². The van der Waals surface area contributed by atoms with Gasteiger partial charge in [0.1, 0.15) is 0 Å². The zero-order valence-corrected chi connectivity index (χ0v) is 15.9. The molecule has 7 heteroatoms. The van der Waals surface area contributed by atoms with E-state index >= 15 is 0 Å². The molecule has 1 aliphatic carbocycles. The molecule has 1 saturated carbocycles. The quantitative estimate of drug-likeness (QED) is 0.740. The Bertz CT molecular complexity index is 649. The minimum absolute atomic E-state index is 0.255. The summed E-state index contributed by atoms with van der Waals surface area (Å²) in [5.74, 6) is 0. The number of amides is 2. The van der Waals surface area contributed by atoms with Gasteiger partial charge in [-0.1, -0.05) is 26.7 Å². The van der Waals surface area contributed by atoms with Gasteiger partial charge in [-0.15, -0.1) is 0 Å². The maximum atomic E-state index is 12.5. The molecule has 0 bridgehead atoms. The van der Waals surface area contributed by atoms with Crippen LogP contribution in [0.3, 0.4) is 0 Å². The molecule has 2 amide bonds. The number of carbonyl (C=O) groups is 1. The number of rotatable bonds is 8. The Kier molecular flexibility index (Phi) is 7.25. The van der Waals surface area contributed by atoms with Crippen LogP contribution in [0.15, 0.2) is 29.2 Å². The number of likely N-dealkylation sites (N-methyl/N-ethyl adjacent to an activating group) is 1. The van der Waals surface area contributed by atoms with E-state index in [0.29, 0.717) is 17.1 Å². The maximum absolute atomic E-state index is 12.5. The van der Waals surface area contributed by atoms with Gasteiger partial charge >= 0.3 is 6.03 Å². The van der Waals surface area contributed by atoms with Crippen LogP contribution < -0.4 is 10.6 Å². The SMILES string of the molecule is CCN(CC)CCNC(=O)Nc1ccc(S(=O)(=O)C2CCCC2)cc1. The van der Waals surface area contributed by atoms with Crippen molar-refractivity contribution in [1.29, 1.82) is 0 Å². The second-order valence-corrected chi connectivity index (χ2v) is 8.61. The Morgan fingerprint density at radius 3 is 2.28 bits per heavy atom. The molecule has 1 fully saturated rings. The van der Waals surface area contributed by atoms with Gasteiger partial charge in [-0.05, 0) is 50.2 Å². The van der Waals surface area contributed by atoms with Crippen molar-refractivity contribution in [3.8, 4) is 0 Å². The van der Waals surface area contributed by atoms with Crippen LogP contribution in [0.5, 0.6) is 0 Å². The second kappa shape index (κ2) is 9.20. The van der Waals surface area contributed by atoms with Crippen LogP contribution in [-0.2, 0) is 9.84 Å². The Morgan fingerprint density at radius 1 is 1.12 bits per heavy atom. The lowest BCUT2D eigenvalue weighted by Gasteiger charge is -2.18. The molecule has 0 heterocycles. The van der Waals surface area contributed by atoms with Gasteiger partial charge in [-0.25, -0.2) is 13.2 Å². The van der Waals surface area contributed by atoms with Gasteiger partial charge in [0, 0.05) is 18.8 Å². The minimum atomic E-state index is -3.25. The number of urea groups is 1. The first-order valence-corrected chi connectivity index (χ1v) is 10.6. The van der Waals surface area contributed by atoms with E-state index in [9.17, 15) is 13.2 Å². The van der Waals surface area contributed by atoms with Gasteiger partial charge in [0.05, 0.1) is 10.1 Å². The van der Waals surface area contributed by atoms with E-state index in [4.69, 9.17) is 0 Å². The van der Waals surface area contributed by atoms with Crippen LogP contribution in [0.25, 0.3) is 0 Å². The Morgan fingerprint density at radius 2 is 1.72 bits per heavy atom. The van der Waals surface area contributed by atoms with Crippen molar-refractivity contribution < 1.29 is 13.2 Å². The third kappa shape index (κ3) is 5.44. The van der Waals surface area contributed by atoms with Crippen molar-refractivity contribution in [1.82, 2.24) is 10.2 Å². The van der Waals surface area contributed by atoms with Crippen molar-refractivity contribution in [3.63, 3.8) is 0 Å². The molecule has 0 aromatic heterocycles. The highest BCUT2D eigenvalue weighted by molar-refractivity contribution is 7.92. The van der Waals surface area contributed by atoms with Gasteiger partial charge in [0.2, 0.25) is 0 Å². The highest BCUT2D eigenvalue weighted by atomic mass is 32.2. The van der Waals surface area contributed by atoms with E-state index in [1.807, 2.05) is 0 Å².